The fourth-order valence-electron chi connectivity index (χ4n) is 5.63. The Balaban J connectivity index is 1.20. The molecule has 1 aliphatic heterocycles. The number of hydrogen-bond acceptors (Lipinski definition) is 7. The Morgan fingerprint density at radius 3 is 2.46 bits per heavy atom. The normalized spacial score (nSPS) is 20.1. The first-order valence-corrected chi connectivity index (χ1v) is 14.5. The predicted octanol–water partition coefficient (Wildman–Crippen LogP) is 5.62. The number of aromatic nitrogens is 2. The second-order valence-corrected chi connectivity index (χ2v) is 12.3. The molecule has 218 valence electrons. The fraction of sp³-hybridized carbons (Fsp3) is 0.516. The van der Waals surface area contributed by atoms with Gasteiger partial charge in [-0.05, 0) is 90.3 Å². The summed E-state index contributed by atoms with van der Waals surface area (Å²) in [5.41, 5.74) is 3.73. The first kappa shape index (κ1) is 27.2. The number of aromatic amines is 1. The first-order chi connectivity index (χ1) is 19.7. The van der Waals surface area contributed by atoms with Gasteiger partial charge in [-0.25, -0.2) is 4.79 Å². The van der Waals surface area contributed by atoms with Crippen LogP contribution in [0.2, 0.25) is 0 Å². The third kappa shape index (κ3) is 5.92. The molecule has 2 fully saturated rings. The van der Waals surface area contributed by atoms with Crippen molar-refractivity contribution < 1.29 is 28.5 Å². The van der Waals surface area contributed by atoms with Crippen LogP contribution in [0.15, 0.2) is 24.4 Å². The zero-order chi connectivity index (χ0) is 28.7. The fourth-order valence-corrected chi connectivity index (χ4v) is 5.63. The highest BCUT2D eigenvalue weighted by molar-refractivity contribution is 6.10. The molecule has 0 atom stereocenters. The van der Waals surface area contributed by atoms with Crippen LogP contribution in [0.4, 0.5) is 4.79 Å². The largest absolute Gasteiger partial charge is 0.493 e. The number of hydrogen-bond donors (Lipinski definition) is 3. The minimum Gasteiger partial charge on any atom is -0.493 e. The lowest BCUT2D eigenvalue weighted by atomic mass is 9.91. The van der Waals surface area contributed by atoms with Crippen molar-refractivity contribution in [3.63, 3.8) is 0 Å². The first-order valence-electron chi connectivity index (χ1n) is 14.5. The van der Waals surface area contributed by atoms with Gasteiger partial charge in [0.1, 0.15) is 16.9 Å². The van der Waals surface area contributed by atoms with Crippen LogP contribution < -0.4 is 24.8 Å². The molecule has 0 spiro atoms. The summed E-state index contributed by atoms with van der Waals surface area (Å²) < 4.78 is 23.2. The average Bonchev–Trinajstić information content (AvgIpc) is 3.50. The van der Waals surface area contributed by atoms with Crippen LogP contribution >= 0.6 is 0 Å². The molecule has 10 nitrogen and oxygen atoms in total. The molecule has 2 amide bonds. The minimum atomic E-state index is -0.535. The highest BCUT2D eigenvalue weighted by Gasteiger charge is 2.30. The number of rotatable bonds is 7. The molecule has 2 saturated carbocycles. The van der Waals surface area contributed by atoms with E-state index in [1.165, 1.54) is 12.8 Å². The zero-order valence-electron chi connectivity index (χ0n) is 24.1. The van der Waals surface area contributed by atoms with Crippen molar-refractivity contribution in [3.8, 4) is 28.4 Å². The quantitative estimate of drug-likeness (QED) is 0.341. The zero-order valence-corrected chi connectivity index (χ0v) is 24.1. The molecule has 2 aliphatic carbocycles. The van der Waals surface area contributed by atoms with Gasteiger partial charge in [-0.15, -0.1) is 0 Å². The topological polar surface area (TPSA) is 124 Å². The van der Waals surface area contributed by atoms with E-state index < -0.39 is 11.7 Å². The third-order valence-corrected chi connectivity index (χ3v) is 7.83. The summed E-state index contributed by atoms with van der Waals surface area (Å²) in [4.78, 5) is 33.8. The molecule has 0 bridgehead atoms. The van der Waals surface area contributed by atoms with Gasteiger partial charge in [0.15, 0.2) is 11.5 Å². The van der Waals surface area contributed by atoms with E-state index in [0.29, 0.717) is 35.1 Å². The number of H-pyrrole nitrogens is 1. The van der Waals surface area contributed by atoms with Gasteiger partial charge >= 0.3 is 6.09 Å². The van der Waals surface area contributed by atoms with E-state index in [2.05, 4.69) is 20.6 Å². The summed E-state index contributed by atoms with van der Waals surface area (Å²) in [5.74, 6) is 2.47. The summed E-state index contributed by atoms with van der Waals surface area (Å²) in [6, 6.07) is 5.77. The Bertz CT molecular complexity index is 1460. The SMILES string of the molecule is Cc1[nH]c2c(-c3c(OCC4CC4)ccc4c3OCO4)ccnc2c1C(=O)NC1CCC(NC(=O)OC(C)(C)C)CC1. The minimum absolute atomic E-state index is 0.0112. The van der Waals surface area contributed by atoms with Gasteiger partial charge in [0.25, 0.3) is 5.91 Å². The maximum atomic E-state index is 13.6. The lowest BCUT2D eigenvalue weighted by molar-refractivity contribution is 0.0488. The molecular formula is C31H38N4O6. The monoisotopic (exact) mass is 562 g/mol. The molecule has 6 rings (SSSR count). The van der Waals surface area contributed by atoms with Crippen LogP contribution in [0, 0.1) is 12.8 Å². The Morgan fingerprint density at radius 1 is 1.02 bits per heavy atom. The molecule has 3 aliphatic rings. The van der Waals surface area contributed by atoms with E-state index in [9.17, 15) is 9.59 Å². The van der Waals surface area contributed by atoms with Crippen molar-refractivity contribution in [1.29, 1.82) is 0 Å². The standard InChI is InChI=1S/C31H38N4O6/c1-17-24(29(36)34-19-7-9-20(10-8-19)35-30(37)41-31(2,3)4)27-26(33-17)21(13-14-32-27)25-22(38-15-18-5-6-18)11-12-23-28(25)40-16-39-23/h11-14,18-20,33H,5-10,15-16H2,1-4H3,(H,34,36)(H,35,37). The molecule has 10 heteroatoms. The number of alkyl carbamates (subject to hydrolysis) is 1. The van der Waals surface area contributed by atoms with Crippen molar-refractivity contribution in [3.05, 3.63) is 35.7 Å². The van der Waals surface area contributed by atoms with Gasteiger partial charge in [-0.3, -0.25) is 9.78 Å². The maximum Gasteiger partial charge on any atom is 0.407 e. The van der Waals surface area contributed by atoms with Gasteiger partial charge in [0.05, 0.1) is 23.3 Å². The number of benzene rings is 1. The van der Waals surface area contributed by atoms with Crippen molar-refractivity contribution in [1.82, 2.24) is 20.6 Å². The van der Waals surface area contributed by atoms with Gasteiger partial charge in [-0.2, -0.15) is 0 Å². The second-order valence-electron chi connectivity index (χ2n) is 12.3. The number of fused-ring (bicyclic) bond motifs is 2. The van der Waals surface area contributed by atoms with E-state index in [4.69, 9.17) is 18.9 Å². The summed E-state index contributed by atoms with van der Waals surface area (Å²) in [7, 11) is 0. The van der Waals surface area contributed by atoms with Crippen LogP contribution in [0.5, 0.6) is 17.2 Å². The molecule has 0 unspecified atom stereocenters. The molecule has 2 aromatic heterocycles. The lowest BCUT2D eigenvalue weighted by Gasteiger charge is -2.30. The number of nitrogens with zero attached hydrogens (tertiary/aromatic N) is 1. The number of pyridine rings is 1. The maximum absolute atomic E-state index is 13.6. The highest BCUT2D eigenvalue weighted by Crippen LogP contribution is 2.49. The molecule has 0 saturated heterocycles. The Hall–Kier alpha value is -3.95. The number of carbonyl (C=O) groups is 2. The van der Waals surface area contributed by atoms with E-state index in [1.54, 1.807) is 6.20 Å². The Labute approximate surface area is 239 Å². The van der Waals surface area contributed by atoms with Crippen LogP contribution in [0.1, 0.15) is 75.3 Å². The van der Waals surface area contributed by atoms with Crippen molar-refractivity contribution in [2.45, 2.75) is 83.9 Å². The van der Waals surface area contributed by atoms with Gasteiger partial charge in [0, 0.05) is 29.5 Å². The number of ether oxygens (including phenoxy) is 4. The average molecular weight is 563 g/mol. The number of nitrogens with one attached hydrogen (secondary N) is 3. The predicted molar refractivity (Wildman–Crippen MR) is 153 cm³/mol. The van der Waals surface area contributed by atoms with Crippen LogP contribution in [0.3, 0.4) is 0 Å². The van der Waals surface area contributed by atoms with Gasteiger partial charge in [-0.1, -0.05) is 0 Å². The van der Waals surface area contributed by atoms with Crippen LogP contribution in [-0.4, -0.2) is 53.1 Å². The summed E-state index contributed by atoms with van der Waals surface area (Å²) in [5, 5.41) is 6.16. The number of amides is 2. The van der Waals surface area contributed by atoms with Crippen molar-refractivity contribution in [2.75, 3.05) is 13.4 Å². The molecular weight excluding hydrogens is 524 g/mol. The molecule has 41 heavy (non-hydrogen) atoms. The summed E-state index contributed by atoms with van der Waals surface area (Å²) >= 11 is 0. The molecule has 3 heterocycles. The molecule has 0 radical (unpaired) electrons. The van der Waals surface area contributed by atoms with Crippen LogP contribution in [0.25, 0.3) is 22.2 Å². The van der Waals surface area contributed by atoms with Gasteiger partial charge in [0.2, 0.25) is 6.79 Å². The number of carbonyl (C=O) groups excluding carboxylic acids is 2. The molecule has 3 aromatic rings. The van der Waals surface area contributed by atoms with E-state index in [-0.39, 0.29) is 24.8 Å². The summed E-state index contributed by atoms with van der Waals surface area (Å²) in [6.07, 6.45) is 6.76. The van der Waals surface area contributed by atoms with E-state index in [0.717, 1.165) is 53.8 Å². The summed E-state index contributed by atoms with van der Waals surface area (Å²) in [6.45, 7) is 8.24. The Morgan fingerprint density at radius 2 is 1.76 bits per heavy atom. The third-order valence-electron chi connectivity index (χ3n) is 7.83. The number of aryl methyl sites for hydroxylation is 1. The Kier molecular flexibility index (Phi) is 7.17. The van der Waals surface area contributed by atoms with Crippen molar-refractivity contribution in [2.24, 2.45) is 5.92 Å². The van der Waals surface area contributed by atoms with Crippen molar-refractivity contribution >= 4 is 23.0 Å². The highest BCUT2D eigenvalue weighted by atomic mass is 16.7. The smallest absolute Gasteiger partial charge is 0.407 e. The van der Waals surface area contributed by atoms with E-state index in [1.807, 2.05) is 45.9 Å². The molecule has 1 aromatic carbocycles. The van der Waals surface area contributed by atoms with E-state index >= 15 is 0 Å². The second kappa shape index (κ2) is 10.8. The molecule has 3 N–H and O–H groups in total. The lowest BCUT2D eigenvalue weighted by Crippen LogP contribution is -2.45. The van der Waals surface area contributed by atoms with Crippen LogP contribution in [-0.2, 0) is 4.74 Å². The van der Waals surface area contributed by atoms with Gasteiger partial charge < -0.3 is 34.6 Å².